The molecule has 2 heterocycles. The van der Waals surface area contributed by atoms with Gasteiger partial charge in [-0.1, -0.05) is 58.9 Å². The van der Waals surface area contributed by atoms with Crippen LogP contribution in [0.5, 0.6) is 5.75 Å². The van der Waals surface area contributed by atoms with Gasteiger partial charge in [0.25, 0.3) is 0 Å². The molecule has 0 spiro atoms. The third kappa shape index (κ3) is 4.70. The Bertz CT molecular complexity index is 1190. The average molecular weight is 458 g/mol. The maximum absolute atomic E-state index is 13.0. The average Bonchev–Trinajstić information content (AvgIpc) is 3.21. The minimum absolute atomic E-state index is 0.0191. The second kappa shape index (κ2) is 9.21. The van der Waals surface area contributed by atoms with E-state index < -0.39 is 0 Å². The van der Waals surface area contributed by atoms with Gasteiger partial charge in [-0.25, -0.2) is 9.97 Å². The number of fused-ring (bicyclic) bond motifs is 1. The highest BCUT2D eigenvalue weighted by atomic mass is 16.5. The van der Waals surface area contributed by atoms with E-state index in [-0.39, 0.29) is 17.2 Å². The fourth-order valence-corrected chi connectivity index (χ4v) is 4.84. The van der Waals surface area contributed by atoms with Crippen LogP contribution in [0.3, 0.4) is 0 Å². The zero-order chi connectivity index (χ0) is 24.6. The molecule has 0 saturated carbocycles. The van der Waals surface area contributed by atoms with E-state index in [4.69, 9.17) is 4.74 Å². The molecule has 1 N–H and O–H groups in total. The number of rotatable bonds is 5. The van der Waals surface area contributed by atoms with Crippen molar-refractivity contribution < 1.29 is 9.53 Å². The maximum Gasteiger partial charge on any atom is 0.224 e. The summed E-state index contributed by atoms with van der Waals surface area (Å²) in [5.74, 6) is 1.47. The molecule has 1 aliphatic rings. The highest BCUT2D eigenvalue weighted by Gasteiger charge is 2.34. The first-order chi connectivity index (χ1) is 16.1. The van der Waals surface area contributed by atoms with E-state index in [1.54, 1.807) is 12.4 Å². The molecule has 5 heteroatoms. The predicted molar refractivity (Wildman–Crippen MR) is 138 cm³/mol. The minimum atomic E-state index is -0.0947. The summed E-state index contributed by atoms with van der Waals surface area (Å²) in [5, 5.41) is 3.24. The van der Waals surface area contributed by atoms with Crippen LogP contribution in [-0.4, -0.2) is 22.5 Å². The summed E-state index contributed by atoms with van der Waals surface area (Å²) in [5.41, 5.74) is 8.32. The fourth-order valence-electron chi connectivity index (χ4n) is 4.84. The second-order valence-electron chi connectivity index (χ2n) is 10.8. The highest BCUT2D eigenvalue weighted by molar-refractivity contribution is 5.96. The Hall–Kier alpha value is -3.21. The van der Waals surface area contributed by atoms with Gasteiger partial charge in [-0.3, -0.25) is 4.79 Å². The number of hydrogen-bond donors (Lipinski definition) is 1. The van der Waals surface area contributed by atoms with Gasteiger partial charge in [0, 0.05) is 47.1 Å². The van der Waals surface area contributed by atoms with E-state index in [0.29, 0.717) is 18.9 Å². The summed E-state index contributed by atoms with van der Waals surface area (Å²) in [7, 11) is 0. The van der Waals surface area contributed by atoms with Crippen molar-refractivity contribution in [3.8, 4) is 16.9 Å². The molecule has 1 unspecified atom stereocenters. The van der Waals surface area contributed by atoms with Gasteiger partial charge < -0.3 is 10.1 Å². The zero-order valence-electron chi connectivity index (χ0n) is 21.3. The number of hydrogen-bond acceptors (Lipinski definition) is 4. The van der Waals surface area contributed by atoms with Gasteiger partial charge in [-0.05, 0) is 47.4 Å². The zero-order valence-corrected chi connectivity index (χ0v) is 21.3. The lowest BCUT2D eigenvalue weighted by atomic mass is 9.84. The molecule has 1 amide bonds. The lowest BCUT2D eigenvalue weighted by Gasteiger charge is -2.23. The number of carbonyl (C=O) groups excluding carboxylic acids is 1. The van der Waals surface area contributed by atoms with Gasteiger partial charge in [0.1, 0.15) is 12.1 Å². The normalized spacial score (nSPS) is 15.2. The molecular weight excluding hydrogens is 422 g/mol. The van der Waals surface area contributed by atoms with Crippen molar-refractivity contribution in [1.82, 2.24) is 9.97 Å². The Balaban J connectivity index is 1.86. The van der Waals surface area contributed by atoms with Crippen molar-refractivity contribution in [1.29, 1.82) is 0 Å². The van der Waals surface area contributed by atoms with E-state index in [9.17, 15) is 4.79 Å². The smallest absolute Gasteiger partial charge is 0.224 e. The van der Waals surface area contributed by atoms with Gasteiger partial charge in [0.2, 0.25) is 5.91 Å². The first-order valence-corrected chi connectivity index (χ1v) is 12.0. The summed E-state index contributed by atoms with van der Waals surface area (Å²) in [6, 6.07) is 8.83. The summed E-state index contributed by atoms with van der Waals surface area (Å²) < 4.78 is 6.36. The Kier molecular flexibility index (Phi) is 6.48. The van der Waals surface area contributed by atoms with Crippen molar-refractivity contribution in [3.05, 3.63) is 70.8 Å². The number of anilines is 1. The van der Waals surface area contributed by atoms with E-state index in [1.165, 1.54) is 17.5 Å². The topological polar surface area (TPSA) is 64.1 Å². The molecule has 3 aromatic rings. The standard InChI is InChI=1S/C29H35N3O2/c1-17(2)20-8-10-21(11-9-20)23-15-34-28-25(22-13-30-16-31-14-22)18(3)27(19(4)26(23)28)32-24(33)12-29(5,6)7/h8-11,13-14,16-17,23H,12,15H2,1-7H3,(H,32,33). The SMILES string of the molecule is Cc1c(NC(=O)CC(C)(C)C)c(C)c2c(c1-c1cncnc1)OCC2c1ccc(C(C)C)cc1. The highest BCUT2D eigenvalue weighted by Crippen LogP contribution is 2.50. The van der Waals surface area contributed by atoms with E-state index in [1.807, 2.05) is 6.92 Å². The van der Waals surface area contributed by atoms with Crippen molar-refractivity contribution >= 4 is 11.6 Å². The van der Waals surface area contributed by atoms with Crippen LogP contribution in [0.1, 0.15) is 80.7 Å². The van der Waals surface area contributed by atoms with Crippen LogP contribution in [0.15, 0.2) is 43.0 Å². The molecule has 5 nitrogen and oxygen atoms in total. The van der Waals surface area contributed by atoms with Crippen LogP contribution in [-0.2, 0) is 4.79 Å². The first kappa shape index (κ1) is 23.9. The van der Waals surface area contributed by atoms with E-state index in [2.05, 4.69) is 81.1 Å². The lowest BCUT2D eigenvalue weighted by Crippen LogP contribution is -2.21. The van der Waals surface area contributed by atoms with E-state index in [0.717, 1.165) is 39.3 Å². The van der Waals surface area contributed by atoms with Gasteiger partial charge >= 0.3 is 0 Å². The monoisotopic (exact) mass is 457 g/mol. The second-order valence-corrected chi connectivity index (χ2v) is 10.8. The molecule has 0 radical (unpaired) electrons. The number of benzene rings is 2. The minimum Gasteiger partial charge on any atom is -0.492 e. The van der Waals surface area contributed by atoms with Gasteiger partial charge in [-0.2, -0.15) is 0 Å². The van der Waals surface area contributed by atoms with Gasteiger partial charge in [0.15, 0.2) is 0 Å². The maximum atomic E-state index is 13.0. The van der Waals surface area contributed by atoms with Crippen LogP contribution < -0.4 is 10.1 Å². The molecule has 1 atom stereocenters. The molecular formula is C29H35N3O2. The number of carbonyl (C=O) groups is 1. The van der Waals surface area contributed by atoms with Crippen LogP contribution in [0.4, 0.5) is 5.69 Å². The van der Waals surface area contributed by atoms with Gasteiger partial charge in [-0.15, -0.1) is 0 Å². The number of amides is 1. The summed E-state index contributed by atoms with van der Waals surface area (Å²) >= 11 is 0. The van der Waals surface area contributed by atoms with Crippen molar-refractivity contribution in [3.63, 3.8) is 0 Å². The molecule has 1 aliphatic heterocycles. The molecule has 34 heavy (non-hydrogen) atoms. The summed E-state index contributed by atoms with van der Waals surface area (Å²) in [4.78, 5) is 21.4. The molecule has 4 rings (SSSR count). The van der Waals surface area contributed by atoms with Crippen LogP contribution in [0.2, 0.25) is 0 Å². The lowest BCUT2D eigenvalue weighted by molar-refractivity contribution is -0.117. The molecule has 0 fully saturated rings. The van der Waals surface area contributed by atoms with E-state index >= 15 is 0 Å². The predicted octanol–water partition coefficient (Wildman–Crippen LogP) is 6.78. The summed E-state index contributed by atoms with van der Waals surface area (Å²) in [6.07, 6.45) is 5.59. The molecule has 0 bridgehead atoms. The number of ether oxygens (including phenoxy) is 1. The Morgan fingerprint density at radius 3 is 2.32 bits per heavy atom. The fraction of sp³-hybridized carbons (Fsp3) is 0.414. The molecule has 2 aromatic carbocycles. The number of nitrogens with one attached hydrogen (secondary N) is 1. The third-order valence-electron chi connectivity index (χ3n) is 6.55. The number of aromatic nitrogens is 2. The largest absolute Gasteiger partial charge is 0.492 e. The Morgan fingerprint density at radius 2 is 1.74 bits per heavy atom. The van der Waals surface area contributed by atoms with Gasteiger partial charge in [0.05, 0.1) is 6.61 Å². The number of nitrogens with zero attached hydrogens (tertiary/aromatic N) is 2. The molecule has 1 aromatic heterocycles. The van der Waals surface area contributed by atoms with Crippen LogP contribution >= 0.6 is 0 Å². The van der Waals surface area contributed by atoms with Crippen LogP contribution in [0, 0.1) is 19.3 Å². The van der Waals surface area contributed by atoms with Crippen molar-refractivity contribution in [2.45, 2.75) is 66.7 Å². The van der Waals surface area contributed by atoms with Crippen molar-refractivity contribution in [2.24, 2.45) is 5.41 Å². The molecule has 0 aliphatic carbocycles. The van der Waals surface area contributed by atoms with Crippen molar-refractivity contribution in [2.75, 3.05) is 11.9 Å². The Morgan fingerprint density at radius 1 is 1.09 bits per heavy atom. The molecule has 178 valence electrons. The summed E-state index contributed by atoms with van der Waals surface area (Å²) in [6.45, 7) is 15.3. The third-order valence-corrected chi connectivity index (χ3v) is 6.55. The van der Waals surface area contributed by atoms with Crippen LogP contribution in [0.25, 0.3) is 11.1 Å². The quantitative estimate of drug-likeness (QED) is 0.458. The Labute approximate surface area is 203 Å². The molecule has 0 saturated heterocycles. The first-order valence-electron chi connectivity index (χ1n) is 12.0.